The van der Waals surface area contributed by atoms with E-state index in [1.54, 1.807) is 30.3 Å². The van der Waals surface area contributed by atoms with Crippen molar-refractivity contribution < 1.29 is 27.9 Å². The number of aliphatic carboxylic acids is 1. The Kier molecular flexibility index (Phi) is 4.93. The summed E-state index contributed by atoms with van der Waals surface area (Å²) < 4.78 is 40.6. The quantitative estimate of drug-likeness (QED) is 0.862. The number of carbonyl (C=O) groups excluding carboxylic acids is 1. The van der Waals surface area contributed by atoms with Crippen LogP contribution in [-0.2, 0) is 9.59 Å². The van der Waals surface area contributed by atoms with Crippen LogP contribution in [0.25, 0.3) is 0 Å². The highest BCUT2D eigenvalue weighted by Crippen LogP contribution is 2.35. The summed E-state index contributed by atoms with van der Waals surface area (Å²) in [6, 6.07) is 9.35. The molecule has 140 valence electrons. The van der Waals surface area contributed by atoms with Crippen LogP contribution < -0.4 is 4.90 Å². The minimum absolute atomic E-state index is 0.00107. The van der Waals surface area contributed by atoms with Gasteiger partial charge in [-0.3, -0.25) is 19.5 Å². The van der Waals surface area contributed by atoms with Gasteiger partial charge in [-0.1, -0.05) is 41.9 Å². The fourth-order valence-electron chi connectivity index (χ4n) is 2.79. The molecular formula is C18H12ClF3N2O3. The number of carboxylic acid groups (broad SMARTS) is 1. The van der Waals surface area contributed by atoms with Gasteiger partial charge in [-0.25, -0.2) is 0 Å². The van der Waals surface area contributed by atoms with Crippen LogP contribution in [0.4, 0.5) is 18.9 Å². The molecule has 0 aromatic heterocycles. The molecule has 2 aromatic carbocycles. The minimum Gasteiger partial charge on any atom is -0.480 e. The van der Waals surface area contributed by atoms with Gasteiger partial charge in [0.2, 0.25) is 6.04 Å². The molecule has 1 atom stereocenters. The van der Waals surface area contributed by atoms with Gasteiger partial charge >= 0.3 is 12.1 Å². The van der Waals surface area contributed by atoms with Crippen LogP contribution in [-0.4, -0.2) is 41.5 Å². The first-order valence-corrected chi connectivity index (χ1v) is 8.09. The van der Waals surface area contributed by atoms with Crippen LogP contribution in [0.1, 0.15) is 11.1 Å². The lowest BCUT2D eigenvalue weighted by Crippen LogP contribution is -2.47. The molecule has 0 spiro atoms. The van der Waals surface area contributed by atoms with Crippen molar-refractivity contribution in [1.82, 2.24) is 0 Å². The Labute approximate surface area is 156 Å². The number of hydrogen-bond donors (Lipinski definition) is 1. The molecule has 5 nitrogen and oxygen atoms in total. The third-order valence-corrected chi connectivity index (χ3v) is 4.15. The molecule has 0 radical (unpaired) electrons. The first kappa shape index (κ1) is 18.9. The van der Waals surface area contributed by atoms with Crippen LogP contribution in [0.15, 0.2) is 53.5 Å². The Morgan fingerprint density at radius 1 is 1.19 bits per heavy atom. The highest BCUT2D eigenvalue weighted by molar-refractivity contribution is 6.32. The van der Waals surface area contributed by atoms with Gasteiger partial charge in [0.25, 0.3) is 5.91 Å². The number of aliphatic imine (C=N–C) groups is 1. The second-order valence-electron chi connectivity index (χ2n) is 5.77. The van der Waals surface area contributed by atoms with Crippen molar-refractivity contribution in [2.75, 3.05) is 11.4 Å². The van der Waals surface area contributed by atoms with Crippen LogP contribution in [0.3, 0.4) is 0 Å². The van der Waals surface area contributed by atoms with Gasteiger partial charge in [-0.05, 0) is 18.2 Å². The zero-order valence-corrected chi connectivity index (χ0v) is 14.3. The standard InChI is InChI=1S/C18H12ClF3N2O3/c19-11-6-7-13-12(8-11)15(10-4-2-1-3-5-10)23-16(18(20,21)22)17(27)24(13)9-14(25)26/h1-8,16H,9H2,(H,25,26). The summed E-state index contributed by atoms with van der Waals surface area (Å²) in [4.78, 5) is 28.0. The number of rotatable bonds is 3. The molecule has 1 amide bonds. The molecular weight excluding hydrogens is 385 g/mol. The van der Waals surface area contributed by atoms with Gasteiger partial charge in [0.1, 0.15) is 6.54 Å². The normalized spacial score (nSPS) is 17.2. The maximum Gasteiger partial charge on any atom is 0.419 e. The second-order valence-corrected chi connectivity index (χ2v) is 6.20. The second kappa shape index (κ2) is 7.03. The number of halogens is 4. The largest absolute Gasteiger partial charge is 0.480 e. The maximum atomic E-state index is 13.5. The summed E-state index contributed by atoms with van der Waals surface area (Å²) in [6.07, 6.45) is -4.99. The Morgan fingerprint density at radius 3 is 2.44 bits per heavy atom. The summed E-state index contributed by atoms with van der Waals surface area (Å²) in [5, 5.41) is 9.30. The minimum atomic E-state index is -4.99. The van der Waals surface area contributed by atoms with E-state index < -0.39 is 30.6 Å². The lowest BCUT2D eigenvalue weighted by atomic mass is 10.00. The fourth-order valence-corrected chi connectivity index (χ4v) is 2.96. The Hall–Kier alpha value is -2.87. The number of fused-ring (bicyclic) bond motifs is 1. The molecule has 0 fully saturated rings. The van der Waals surface area contributed by atoms with Crippen molar-refractivity contribution in [3.63, 3.8) is 0 Å². The monoisotopic (exact) mass is 396 g/mol. The van der Waals surface area contributed by atoms with Gasteiger partial charge in [0.05, 0.1) is 11.4 Å². The third kappa shape index (κ3) is 3.80. The van der Waals surface area contributed by atoms with Crippen LogP contribution in [0.2, 0.25) is 5.02 Å². The topological polar surface area (TPSA) is 70.0 Å². The smallest absolute Gasteiger partial charge is 0.419 e. The zero-order chi connectivity index (χ0) is 19.8. The van der Waals surface area contributed by atoms with Gasteiger partial charge in [-0.2, -0.15) is 13.2 Å². The van der Waals surface area contributed by atoms with Crippen LogP contribution in [0, 0.1) is 0 Å². The average molecular weight is 397 g/mol. The molecule has 1 aliphatic rings. The van der Waals surface area contributed by atoms with Crippen molar-refractivity contribution in [1.29, 1.82) is 0 Å². The molecule has 0 saturated heterocycles. The lowest BCUT2D eigenvalue weighted by molar-refractivity contribution is -0.161. The molecule has 9 heteroatoms. The molecule has 1 unspecified atom stereocenters. The Bertz CT molecular complexity index is 929. The SMILES string of the molecule is O=C(O)CN1C(=O)C(C(F)(F)F)N=C(c2ccccc2)c2cc(Cl)ccc21. The van der Waals surface area contributed by atoms with E-state index in [0.29, 0.717) is 10.5 Å². The van der Waals surface area contributed by atoms with Gasteiger partial charge in [0, 0.05) is 16.1 Å². The van der Waals surface area contributed by atoms with Crippen LogP contribution >= 0.6 is 11.6 Å². The highest BCUT2D eigenvalue weighted by Gasteiger charge is 2.49. The molecule has 0 saturated carbocycles. The van der Waals surface area contributed by atoms with E-state index in [4.69, 9.17) is 16.7 Å². The number of carbonyl (C=O) groups is 2. The van der Waals surface area contributed by atoms with Crippen LogP contribution in [0.5, 0.6) is 0 Å². The average Bonchev–Trinajstić information content (AvgIpc) is 2.70. The first-order valence-electron chi connectivity index (χ1n) is 7.71. The van der Waals surface area contributed by atoms with Gasteiger partial charge in [0.15, 0.2) is 0 Å². The molecule has 27 heavy (non-hydrogen) atoms. The number of amides is 1. The van der Waals surface area contributed by atoms with Crippen molar-refractivity contribution in [2.45, 2.75) is 12.2 Å². The predicted octanol–water partition coefficient (Wildman–Crippen LogP) is 3.54. The summed E-state index contributed by atoms with van der Waals surface area (Å²) >= 11 is 6.00. The molecule has 1 aliphatic heterocycles. The van der Waals surface area contributed by atoms with Gasteiger partial charge < -0.3 is 5.11 Å². The molecule has 0 aliphatic carbocycles. The number of carboxylic acids is 1. The molecule has 2 aromatic rings. The van der Waals surface area contributed by atoms with Crippen molar-refractivity contribution >= 4 is 34.9 Å². The van der Waals surface area contributed by atoms with E-state index in [2.05, 4.69) is 4.99 Å². The number of benzene rings is 2. The summed E-state index contributed by atoms with van der Waals surface area (Å²) in [5.41, 5.74) is 0.410. The van der Waals surface area contributed by atoms with E-state index >= 15 is 0 Å². The highest BCUT2D eigenvalue weighted by atomic mass is 35.5. The third-order valence-electron chi connectivity index (χ3n) is 3.91. The number of benzodiazepines with no additional fused rings is 1. The van der Waals surface area contributed by atoms with Crippen molar-refractivity contribution in [2.24, 2.45) is 4.99 Å². The molecule has 1 heterocycles. The number of anilines is 1. The fraction of sp³-hybridized carbons (Fsp3) is 0.167. The zero-order valence-electron chi connectivity index (χ0n) is 13.6. The summed E-state index contributed by atoms with van der Waals surface area (Å²) in [5.74, 6) is -2.91. The van der Waals surface area contributed by atoms with E-state index in [0.717, 1.165) is 0 Å². The lowest BCUT2D eigenvalue weighted by Gasteiger charge is -2.24. The Morgan fingerprint density at radius 2 is 1.85 bits per heavy atom. The van der Waals surface area contributed by atoms with Gasteiger partial charge in [-0.15, -0.1) is 0 Å². The first-order chi connectivity index (χ1) is 12.7. The molecule has 0 bridgehead atoms. The van der Waals surface area contributed by atoms with E-state index in [1.165, 1.54) is 18.2 Å². The predicted molar refractivity (Wildman–Crippen MR) is 93.4 cm³/mol. The molecule has 3 rings (SSSR count). The van der Waals surface area contributed by atoms with E-state index in [9.17, 15) is 22.8 Å². The number of alkyl halides is 3. The maximum absolute atomic E-state index is 13.5. The number of hydrogen-bond acceptors (Lipinski definition) is 3. The van der Waals surface area contributed by atoms with Crippen molar-refractivity contribution in [3.8, 4) is 0 Å². The van der Waals surface area contributed by atoms with Crippen molar-refractivity contribution in [3.05, 3.63) is 64.7 Å². The number of nitrogens with zero attached hydrogens (tertiary/aromatic N) is 2. The summed E-state index contributed by atoms with van der Waals surface area (Å²) in [6.45, 7) is -0.933. The summed E-state index contributed by atoms with van der Waals surface area (Å²) in [7, 11) is 0. The Balaban J connectivity index is 2.31. The van der Waals surface area contributed by atoms with E-state index in [-0.39, 0.29) is 22.0 Å². The molecule has 1 N–H and O–H groups in total. The van der Waals surface area contributed by atoms with E-state index in [1.807, 2.05) is 0 Å².